The van der Waals surface area contributed by atoms with Crippen molar-refractivity contribution in [3.63, 3.8) is 0 Å². The van der Waals surface area contributed by atoms with E-state index in [2.05, 4.69) is 5.32 Å². The van der Waals surface area contributed by atoms with Gasteiger partial charge in [-0.25, -0.2) is 0 Å². The van der Waals surface area contributed by atoms with Crippen LogP contribution in [0.25, 0.3) is 0 Å². The smallest absolute Gasteiger partial charge is 0.128 e. The van der Waals surface area contributed by atoms with E-state index in [1.54, 1.807) is 18.2 Å². The summed E-state index contributed by atoms with van der Waals surface area (Å²) in [7, 11) is 0.553. The van der Waals surface area contributed by atoms with Crippen molar-refractivity contribution in [1.82, 2.24) is 5.32 Å². The predicted octanol–water partition coefficient (Wildman–Crippen LogP) is 0.751. The van der Waals surface area contributed by atoms with Gasteiger partial charge in [0.25, 0.3) is 0 Å². The van der Waals surface area contributed by atoms with Gasteiger partial charge in [-0.2, -0.15) is 0 Å². The van der Waals surface area contributed by atoms with Crippen LogP contribution in [-0.4, -0.2) is 28.7 Å². The standard InChI is InChI=1S/C10H13NO3S/c1-14-8-4-2-3-7(12)9(8)10-11-5-6-15(10)13/h2-4,10-12H,5-6H2,1H3. The molecule has 2 unspecified atom stereocenters. The molecule has 15 heavy (non-hydrogen) atoms. The highest BCUT2D eigenvalue weighted by Gasteiger charge is 2.29. The highest BCUT2D eigenvalue weighted by Crippen LogP contribution is 2.36. The third-order valence-electron chi connectivity index (χ3n) is 2.42. The summed E-state index contributed by atoms with van der Waals surface area (Å²) in [6.45, 7) is 0.703. The predicted molar refractivity (Wildman–Crippen MR) is 58.4 cm³/mol. The van der Waals surface area contributed by atoms with Gasteiger partial charge in [0.1, 0.15) is 16.9 Å². The monoisotopic (exact) mass is 227 g/mol. The second-order valence-electron chi connectivity index (χ2n) is 3.31. The molecular formula is C10H13NO3S. The van der Waals surface area contributed by atoms with Crippen molar-refractivity contribution >= 4 is 10.8 Å². The van der Waals surface area contributed by atoms with Crippen molar-refractivity contribution in [2.45, 2.75) is 5.37 Å². The summed E-state index contributed by atoms with van der Waals surface area (Å²) in [6, 6.07) is 5.04. The Kier molecular flexibility index (Phi) is 2.93. The fraction of sp³-hybridized carbons (Fsp3) is 0.400. The Morgan fingerprint density at radius 1 is 1.60 bits per heavy atom. The first kappa shape index (κ1) is 10.4. The molecule has 1 aromatic rings. The number of nitrogens with one attached hydrogen (secondary N) is 1. The van der Waals surface area contributed by atoms with Gasteiger partial charge in [-0.15, -0.1) is 0 Å². The Morgan fingerprint density at radius 3 is 3.00 bits per heavy atom. The largest absolute Gasteiger partial charge is 0.507 e. The highest BCUT2D eigenvalue weighted by atomic mass is 32.2. The van der Waals surface area contributed by atoms with Gasteiger partial charge in [0.15, 0.2) is 0 Å². The molecule has 0 radical (unpaired) electrons. The van der Waals surface area contributed by atoms with Crippen molar-refractivity contribution in [2.75, 3.05) is 19.4 Å². The van der Waals surface area contributed by atoms with Gasteiger partial charge in [0.2, 0.25) is 0 Å². The van der Waals surface area contributed by atoms with Gasteiger partial charge in [0.05, 0.1) is 12.7 Å². The van der Waals surface area contributed by atoms with Crippen molar-refractivity contribution < 1.29 is 14.1 Å². The zero-order chi connectivity index (χ0) is 10.8. The molecule has 0 spiro atoms. The molecule has 5 heteroatoms. The lowest BCUT2D eigenvalue weighted by Gasteiger charge is -2.15. The zero-order valence-electron chi connectivity index (χ0n) is 8.40. The Balaban J connectivity index is 2.45. The molecular weight excluding hydrogens is 214 g/mol. The van der Waals surface area contributed by atoms with Gasteiger partial charge in [-0.1, -0.05) is 6.07 Å². The van der Waals surface area contributed by atoms with E-state index < -0.39 is 10.8 Å². The van der Waals surface area contributed by atoms with Crippen LogP contribution in [0.1, 0.15) is 10.9 Å². The van der Waals surface area contributed by atoms with Gasteiger partial charge < -0.3 is 9.84 Å². The van der Waals surface area contributed by atoms with Crippen LogP contribution in [0, 0.1) is 0 Å². The summed E-state index contributed by atoms with van der Waals surface area (Å²) >= 11 is 0. The lowest BCUT2D eigenvalue weighted by atomic mass is 10.1. The molecule has 4 nitrogen and oxygen atoms in total. The number of aromatic hydroxyl groups is 1. The van der Waals surface area contributed by atoms with Crippen LogP contribution in [0.2, 0.25) is 0 Å². The molecule has 1 saturated heterocycles. The van der Waals surface area contributed by atoms with E-state index in [-0.39, 0.29) is 11.1 Å². The summed E-state index contributed by atoms with van der Waals surface area (Å²) in [5, 5.41) is 12.5. The van der Waals surface area contributed by atoms with E-state index in [1.165, 1.54) is 7.11 Å². The van der Waals surface area contributed by atoms with E-state index in [0.717, 1.165) is 0 Å². The first-order valence-electron chi connectivity index (χ1n) is 4.70. The average Bonchev–Trinajstić information content (AvgIpc) is 2.64. The molecule has 1 fully saturated rings. The van der Waals surface area contributed by atoms with Crippen molar-refractivity contribution in [3.8, 4) is 11.5 Å². The quantitative estimate of drug-likeness (QED) is 0.783. The zero-order valence-corrected chi connectivity index (χ0v) is 9.21. The Morgan fingerprint density at radius 2 is 2.40 bits per heavy atom. The second-order valence-corrected chi connectivity index (χ2v) is 4.95. The topological polar surface area (TPSA) is 58.6 Å². The van der Waals surface area contributed by atoms with E-state index in [0.29, 0.717) is 23.6 Å². The second kappa shape index (κ2) is 4.20. The number of hydrogen-bond acceptors (Lipinski definition) is 4. The molecule has 0 aromatic heterocycles. The molecule has 1 heterocycles. The molecule has 82 valence electrons. The van der Waals surface area contributed by atoms with Crippen molar-refractivity contribution in [3.05, 3.63) is 23.8 Å². The Labute approximate surface area is 90.7 Å². The number of rotatable bonds is 2. The van der Waals surface area contributed by atoms with Crippen LogP contribution in [-0.2, 0) is 10.8 Å². The highest BCUT2D eigenvalue weighted by molar-refractivity contribution is 7.85. The summed E-state index contributed by atoms with van der Waals surface area (Å²) < 4.78 is 16.8. The molecule has 2 atom stereocenters. The summed E-state index contributed by atoms with van der Waals surface area (Å²) in [6.07, 6.45) is 0. The number of benzene rings is 1. The van der Waals surface area contributed by atoms with Crippen LogP contribution < -0.4 is 10.1 Å². The number of ether oxygens (including phenoxy) is 1. The molecule has 0 saturated carbocycles. The van der Waals surface area contributed by atoms with Gasteiger partial charge in [0, 0.05) is 23.1 Å². The third-order valence-corrected chi connectivity index (χ3v) is 3.96. The van der Waals surface area contributed by atoms with Crippen LogP contribution in [0.15, 0.2) is 18.2 Å². The lowest BCUT2D eigenvalue weighted by molar-refractivity contribution is 0.396. The summed E-state index contributed by atoms with van der Waals surface area (Å²) in [5.74, 6) is 1.31. The SMILES string of the molecule is COc1cccc(O)c1C1NCCS1=O. The molecule has 0 amide bonds. The average molecular weight is 227 g/mol. The Hall–Kier alpha value is -1.07. The molecule has 2 N–H and O–H groups in total. The van der Waals surface area contributed by atoms with Gasteiger partial charge in [-0.3, -0.25) is 9.53 Å². The fourth-order valence-corrected chi connectivity index (χ4v) is 3.07. The molecule has 1 aliphatic rings. The third kappa shape index (κ3) is 1.85. The van der Waals surface area contributed by atoms with Crippen molar-refractivity contribution in [2.24, 2.45) is 0 Å². The minimum atomic E-state index is -0.985. The van der Waals surface area contributed by atoms with E-state index in [9.17, 15) is 9.32 Å². The normalized spacial score (nSPS) is 25.4. The van der Waals surface area contributed by atoms with Crippen LogP contribution in [0.5, 0.6) is 11.5 Å². The van der Waals surface area contributed by atoms with E-state index >= 15 is 0 Å². The lowest BCUT2D eigenvalue weighted by Crippen LogP contribution is -2.16. The minimum Gasteiger partial charge on any atom is -0.507 e. The Bertz CT molecular complexity index is 394. The van der Waals surface area contributed by atoms with Crippen LogP contribution in [0.3, 0.4) is 0 Å². The van der Waals surface area contributed by atoms with Crippen LogP contribution in [0.4, 0.5) is 0 Å². The molecule has 2 rings (SSSR count). The maximum Gasteiger partial charge on any atom is 0.128 e. The van der Waals surface area contributed by atoms with Gasteiger partial charge in [-0.05, 0) is 12.1 Å². The molecule has 0 bridgehead atoms. The number of hydrogen-bond donors (Lipinski definition) is 2. The first-order valence-corrected chi connectivity index (χ1v) is 6.08. The van der Waals surface area contributed by atoms with Gasteiger partial charge >= 0.3 is 0 Å². The number of phenols is 1. The maximum atomic E-state index is 11.7. The summed E-state index contributed by atoms with van der Waals surface area (Å²) in [5.41, 5.74) is 0.593. The molecule has 0 aliphatic carbocycles. The van der Waals surface area contributed by atoms with Crippen molar-refractivity contribution in [1.29, 1.82) is 0 Å². The number of phenolic OH excluding ortho intramolecular Hbond substituents is 1. The summed E-state index contributed by atoms with van der Waals surface area (Å²) in [4.78, 5) is 0. The maximum absolute atomic E-state index is 11.7. The van der Waals surface area contributed by atoms with Crippen LogP contribution >= 0.6 is 0 Å². The van der Waals surface area contributed by atoms with E-state index in [4.69, 9.17) is 4.74 Å². The molecule has 1 aliphatic heterocycles. The van der Waals surface area contributed by atoms with E-state index in [1.807, 2.05) is 0 Å². The number of methoxy groups -OCH3 is 1. The minimum absolute atomic E-state index is 0.127. The fourth-order valence-electron chi connectivity index (χ4n) is 1.71. The first-order chi connectivity index (χ1) is 7.24. The molecule has 1 aromatic carbocycles.